The summed E-state index contributed by atoms with van der Waals surface area (Å²) >= 11 is 5.31. The number of nitrogens with two attached hydrogens (primary N) is 1. The molecule has 1 nitrogen and oxygen atoms in total. The van der Waals surface area contributed by atoms with Gasteiger partial charge < -0.3 is 5.73 Å². The minimum Gasteiger partial charge on any atom is -0.319 e. The fourth-order valence-corrected chi connectivity index (χ4v) is 1.25. The van der Waals surface area contributed by atoms with Crippen molar-refractivity contribution in [3.05, 3.63) is 34.4 Å². The van der Waals surface area contributed by atoms with Crippen molar-refractivity contribution in [3.8, 4) is 0 Å². The van der Waals surface area contributed by atoms with E-state index in [1.54, 1.807) is 0 Å². The van der Waals surface area contributed by atoms with Crippen LogP contribution < -0.4 is 5.73 Å². The van der Waals surface area contributed by atoms with Gasteiger partial charge in [-0.15, -0.1) is 0 Å². The number of benzene rings is 1. The molecule has 0 bridgehead atoms. The highest BCUT2D eigenvalue weighted by molar-refractivity contribution is 6.31. The van der Waals surface area contributed by atoms with E-state index in [0.29, 0.717) is 6.07 Å². The zero-order valence-corrected chi connectivity index (χ0v) is 7.53. The predicted octanol–water partition coefficient (Wildman–Crippen LogP) is 2.88. The molecule has 1 rings (SSSR count). The third kappa shape index (κ3) is 1.99. The van der Waals surface area contributed by atoms with Crippen molar-refractivity contribution in [1.29, 1.82) is 0 Å². The molecule has 0 spiro atoms. The van der Waals surface area contributed by atoms with Gasteiger partial charge in [-0.3, -0.25) is 0 Å². The van der Waals surface area contributed by atoms with E-state index in [2.05, 4.69) is 0 Å². The first kappa shape index (κ1) is 11.3. The van der Waals surface area contributed by atoms with E-state index < -0.39 is 34.7 Å². The maximum atomic E-state index is 13.0. The third-order valence-corrected chi connectivity index (χ3v) is 2.07. The molecular weight excluding hydrogens is 222 g/mol. The minimum atomic E-state index is -3.00. The summed E-state index contributed by atoms with van der Waals surface area (Å²) in [5.41, 5.74) is 4.27. The summed E-state index contributed by atoms with van der Waals surface area (Å²) in [5.74, 6) is -2.01. The van der Waals surface area contributed by atoms with Crippen molar-refractivity contribution in [3.63, 3.8) is 0 Å². The van der Waals surface area contributed by atoms with Gasteiger partial charge in [-0.2, -0.15) is 0 Å². The summed E-state index contributed by atoms with van der Waals surface area (Å²) in [6.45, 7) is 0. The van der Waals surface area contributed by atoms with Crippen LogP contribution in [0.25, 0.3) is 0 Å². The largest absolute Gasteiger partial charge is 0.319 e. The van der Waals surface area contributed by atoms with Gasteiger partial charge in [0.2, 0.25) is 0 Å². The zero-order chi connectivity index (χ0) is 10.9. The fraction of sp³-hybridized carbons (Fsp3) is 0.250. The predicted molar refractivity (Wildman–Crippen MR) is 44.3 cm³/mol. The molecule has 1 aromatic carbocycles. The molecule has 78 valence electrons. The summed E-state index contributed by atoms with van der Waals surface area (Å²) in [5, 5.41) is -0.696. The van der Waals surface area contributed by atoms with Gasteiger partial charge in [0.25, 0.3) is 6.43 Å². The molecule has 6 heteroatoms. The molecule has 0 fully saturated rings. The Morgan fingerprint density at radius 2 is 1.64 bits per heavy atom. The number of hydrogen-bond acceptors (Lipinski definition) is 1. The molecule has 0 saturated heterocycles. The van der Waals surface area contributed by atoms with Crippen molar-refractivity contribution in [2.75, 3.05) is 0 Å². The molecule has 0 heterocycles. The molecule has 0 aliphatic heterocycles. The van der Waals surface area contributed by atoms with E-state index in [9.17, 15) is 17.6 Å². The van der Waals surface area contributed by atoms with Gasteiger partial charge in [0.05, 0.1) is 11.1 Å². The lowest BCUT2D eigenvalue weighted by Gasteiger charge is -2.13. The molecule has 0 radical (unpaired) electrons. The second-order valence-electron chi connectivity index (χ2n) is 2.62. The smallest absolute Gasteiger partial charge is 0.257 e. The monoisotopic (exact) mass is 227 g/mol. The first-order chi connectivity index (χ1) is 6.45. The average Bonchev–Trinajstić information content (AvgIpc) is 2.12. The fourth-order valence-electron chi connectivity index (χ4n) is 0.974. The molecule has 0 aromatic heterocycles. The third-order valence-electron chi connectivity index (χ3n) is 1.68. The zero-order valence-electron chi connectivity index (χ0n) is 6.78. The maximum Gasteiger partial charge on any atom is 0.257 e. The summed E-state index contributed by atoms with van der Waals surface area (Å²) < 4.78 is 50.0. The minimum absolute atomic E-state index is 0.693. The topological polar surface area (TPSA) is 26.0 Å². The Labute approximate surface area is 82.5 Å². The molecule has 14 heavy (non-hydrogen) atoms. The molecule has 0 aliphatic rings. The Hall–Kier alpha value is -0.810. The van der Waals surface area contributed by atoms with Gasteiger partial charge in [-0.25, -0.2) is 17.6 Å². The van der Waals surface area contributed by atoms with E-state index in [-0.39, 0.29) is 0 Å². The first-order valence-corrected chi connectivity index (χ1v) is 4.00. The van der Waals surface area contributed by atoms with Crippen LogP contribution in [0, 0.1) is 11.6 Å². The number of halogens is 5. The summed E-state index contributed by atoms with van der Waals surface area (Å²) in [6.07, 6.45) is -3.00. The Morgan fingerprint density at radius 1 is 1.14 bits per heavy atom. The number of alkyl halides is 2. The second-order valence-corrected chi connectivity index (χ2v) is 3.00. The molecule has 0 unspecified atom stereocenters. The van der Waals surface area contributed by atoms with Crippen LogP contribution in [-0.2, 0) is 0 Å². The van der Waals surface area contributed by atoms with Gasteiger partial charge in [-0.05, 0) is 12.1 Å². The summed E-state index contributed by atoms with van der Waals surface area (Å²) in [6, 6.07) is -0.462. The SMILES string of the molecule is N[C@@H](c1c(F)ccc(F)c1Cl)C(F)F. The molecule has 1 atom stereocenters. The van der Waals surface area contributed by atoms with Crippen molar-refractivity contribution in [1.82, 2.24) is 0 Å². The van der Waals surface area contributed by atoms with Gasteiger partial charge in [0.15, 0.2) is 0 Å². The van der Waals surface area contributed by atoms with Gasteiger partial charge in [-0.1, -0.05) is 11.6 Å². The molecule has 0 saturated carbocycles. The lowest BCUT2D eigenvalue weighted by Crippen LogP contribution is -2.21. The van der Waals surface area contributed by atoms with Crippen LogP contribution in [0.5, 0.6) is 0 Å². The quantitative estimate of drug-likeness (QED) is 0.610. The molecule has 1 aromatic rings. The van der Waals surface area contributed by atoms with Crippen molar-refractivity contribution >= 4 is 11.6 Å². The van der Waals surface area contributed by atoms with E-state index >= 15 is 0 Å². The number of hydrogen-bond donors (Lipinski definition) is 1. The summed E-state index contributed by atoms with van der Waals surface area (Å²) in [7, 11) is 0. The van der Waals surface area contributed by atoms with Crippen molar-refractivity contribution < 1.29 is 17.6 Å². The van der Waals surface area contributed by atoms with Gasteiger partial charge in [0, 0.05) is 5.56 Å². The van der Waals surface area contributed by atoms with E-state index in [0.717, 1.165) is 6.07 Å². The molecule has 0 amide bonds. The van der Waals surface area contributed by atoms with Crippen LogP contribution in [-0.4, -0.2) is 6.43 Å². The van der Waals surface area contributed by atoms with Crippen LogP contribution in [0.2, 0.25) is 5.02 Å². The van der Waals surface area contributed by atoms with Crippen molar-refractivity contribution in [2.45, 2.75) is 12.5 Å². The Kier molecular flexibility index (Phi) is 3.34. The Balaban J connectivity index is 3.25. The second kappa shape index (κ2) is 4.14. The highest BCUT2D eigenvalue weighted by Gasteiger charge is 2.25. The molecule has 0 aliphatic carbocycles. The Bertz CT molecular complexity index is 342. The van der Waals surface area contributed by atoms with E-state index in [4.69, 9.17) is 17.3 Å². The number of rotatable bonds is 2. The van der Waals surface area contributed by atoms with E-state index in [1.807, 2.05) is 0 Å². The highest BCUT2D eigenvalue weighted by Crippen LogP contribution is 2.30. The van der Waals surface area contributed by atoms with Gasteiger partial charge >= 0.3 is 0 Å². The Morgan fingerprint density at radius 3 is 2.14 bits per heavy atom. The van der Waals surface area contributed by atoms with Crippen LogP contribution in [0.4, 0.5) is 17.6 Å². The average molecular weight is 228 g/mol. The molecule has 2 N–H and O–H groups in total. The first-order valence-electron chi connectivity index (χ1n) is 3.62. The van der Waals surface area contributed by atoms with Crippen LogP contribution >= 0.6 is 11.6 Å². The van der Waals surface area contributed by atoms with Crippen LogP contribution in [0.3, 0.4) is 0 Å². The lowest BCUT2D eigenvalue weighted by atomic mass is 10.1. The van der Waals surface area contributed by atoms with Crippen LogP contribution in [0.1, 0.15) is 11.6 Å². The van der Waals surface area contributed by atoms with E-state index in [1.165, 1.54) is 0 Å². The maximum absolute atomic E-state index is 13.0. The normalized spacial score (nSPS) is 13.4. The summed E-state index contributed by atoms with van der Waals surface area (Å²) in [4.78, 5) is 0. The standard InChI is InChI=1S/C8H6ClF4N/c9-6-4(11)2-1-3(10)5(6)7(14)8(12)13/h1-2,7-8H,14H2/t7-/m0/s1. The molecular formula is C8H6ClF4N. The highest BCUT2D eigenvalue weighted by atomic mass is 35.5. The lowest BCUT2D eigenvalue weighted by molar-refractivity contribution is 0.114. The van der Waals surface area contributed by atoms with Crippen LogP contribution in [0.15, 0.2) is 12.1 Å². The van der Waals surface area contributed by atoms with Gasteiger partial charge in [0.1, 0.15) is 11.6 Å². The van der Waals surface area contributed by atoms with Crippen molar-refractivity contribution in [2.24, 2.45) is 5.73 Å².